The number of allylic oxidation sites excluding steroid dienone is 5. The zero-order valence-electron chi connectivity index (χ0n) is 14.7. The number of unbranched alkanes of at least 4 members (excludes halogenated alkanes) is 3. The normalized spacial score (nSPS) is 15.1. The van der Waals surface area contributed by atoms with Crippen LogP contribution in [0.3, 0.4) is 0 Å². The molecule has 0 aliphatic carbocycles. The maximum atomic E-state index is 10.3. The maximum Gasteiger partial charge on any atom is 0.303 e. The monoisotopic (exact) mass is 336 g/mol. The molecule has 0 saturated heterocycles. The van der Waals surface area contributed by atoms with Crippen LogP contribution in [0.5, 0.6) is 0 Å². The van der Waals surface area contributed by atoms with Gasteiger partial charge in [0.15, 0.2) is 0 Å². The van der Waals surface area contributed by atoms with Gasteiger partial charge >= 0.3 is 5.97 Å². The maximum absolute atomic E-state index is 10.3. The third kappa shape index (κ3) is 16.7. The van der Waals surface area contributed by atoms with Gasteiger partial charge in [-0.1, -0.05) is 68.4 Å². The predicted octanol–water partition coefficient (Wildman–Crippen LogP) is 4.16. The van der Waals surface area contributed by atoms with Crippen LogP contribution in [0.1, 0.15) is 58.3 Å². The second-order valence-corrected chi connectivity index (χ2v) is 5.78. The number of hydrogen-bond acceptors (Lipinski definition) is 3. The summed E-state index contributed by atoms with van der Waals surface area (Å²) in [5, 5.41) is 27.9. The minimum atomic E-state index is -0.842. The highest BCUT2D eigenvalue weighted by Crippen LogP contribution is 2.03. The highest BCUT2D eigenvalue weighted by molar-refractivity contribution is 5.66. The molecule has 2 unspecified atom stereocenters. The van der Waals surface area contributed by atoms with Crippen LogP contribution in [0.25, 0.3) is 0 Å². The van der Waals surface area contributed by atoms with E-state index < -0.39 is 18.2 Å². The Kier molecular flexibility index (Phi) is 15.1. The fourth-order valence-electron chi connectivity index (χ4n) is 2.02. The van der Waals surface area contributed by atoms with Crippen LogP contribution < -0.4 is 0 Å². The number of rotatable bonds is 14. The number of aliphatic hydroxyl groups excluding tert-OH is 2. The molecule has 2 atom stereocenters. The van der Waals surface area contributed by atoms with Gasteiger partial charge in [-0.05, 0) is 32.1 Å². The van der Waals surface area contributed by atoms with Crippen LogP contribution >= 0.6 is 0 Å². The molecule has 0 aromatic carbocycles. The summed E-state index contributed by atoms with van der Waals surface area (Å²) in [4.78, 5) is 10.3. The number of hydrogen-bond donors (Lipinski definition) is 3. The number of carboxylic acids is 1. The van der Waals surface area contributed by atoms with Gasteiger partial charge in [0, 0.05) is 6.42 Å². The highest BCUT2D eigenvalue weighted by atomic mass is 16.4. The van der Waals surface area contributed by atoms with Crippen molar-refractivity contribution < 1.29 is 20.1 Å². The van der Waals surface area contributed by atoms with Gasteiger partial charge in [-0.3, -0.25) is 4.79 Å². The molecular weight excluding hydrogens is 304 g/mol. The molecule has 0 fully saturated rings. The van der Waals surface area contributed by atoms with Crippen molar-refractivity contribution in [3.8, 4) is 0 Å². The Morgan fingerprint density at radius 3 is 2.21 bits per heavy atom. The van der Waals surface area contributed by atoms with E-state index >= 15 is 0 Å². The topological polar surface area (TPSA) is 77.8 Å². The molecule has 136 valence electrons. The molecule has 0 rings (SSSR count). The van der Waals surface area contributed by atoms with E-state index in [0.717, 1.165) is 6.42 Å². The van der Waals surface area contributed by atoms with Crippen LogP contribution in [0, 0.1) is 0 Å². The lowest BCUT2D eigenvalue weighted by Crippen LogP contribution is -2.03. The van der Waals surface area contributed by atoms with Gasteiger partial charge in [-0.2, -0.15) is 0 Å². The van der Waals surface area contributed by atoms with Gasteiger partial charge in [-0.25, -0.2) is 0 Å². The van der Waals surface area contributed by atoms with E-state index in [1.165, 1.54) is 19.3 Å². The fraction of sp³-hybridized carbons (Fsp3) is 0.550. The molecular formula is C20H32O4. The summed E-state index contributed by atoms with van der Waals surface area (Å²) in [6, 6.07) is 0. The second kappa shape index (κ2) is 16.2. The molecule has 0 aromatic heterocycles. The molecule has 0 heterocycles. The zero-order valence-corrected chi connectivity index (χ0v) is 14.7. The molecule has 3 N–H and O–H groups in total. The van der Waals surface area contributed by atoms with Gasteiger partial charge in [0.1, 0.15) is 0 Å². The molecule has 0 amide bonds. The van der Waals surface area contributed by atoms with Gasteiger partial charge in [0.25, 0.3) is 0 Å². The minimum absolute atomic E-state index is 0.0778. The lowest BCUT2D eigenvalue weighted by Gasteiger charge is -2.02. The van der Waals surface area contributed by atoms with E-state index in [0.29, 0.717) is 19.3 Å². The quantitative estimate of drug-likeness (QED) is 0.253. The first kappa shape index (κ1) is 22.4. The molecule has 0 aromatic rings. The van der Waals surface area contributed by atoms with Crippen LogP contribution in [-0.2, 0) is 4.79 Å². The lowest BCUT2D eigenvalue weighted by molar-refractivity contribution is -0.137. The van der Waals surface area contributed by atoms with Gasteiger partial charge in [0.2, 0.25) is 0 Å². The summed E-state index contributed by atoms with van der Waals surface area (Å²) >= 11 is 0. The molecule has 0 aliphatic heterocycles. The Bertz CT molecular complexity index is 421. The third-order valence-electron chi connectivity index (χ3n) is 3.41. The van der Waals surface area contributed by atoms with E-state index in [-0.39, 0.29) is 6.42 Å². The van der Waals surface area contributed by atoms with E-state index in [1.54, 1.807) is 36.5 Å². The van der Waals surface area contributed by atoms with Crippen molar-refractivity contribution in [3.63, 3.8) is 0 Å². The average Bonchev–Trinajstić information content (AvgIpc) is 2.53. The first-order valence-electron chi connectivity index (χ1n) is 8.80. The van der Waals surface area contributed by atoms with Crippen LogP contribution in [0.15, 0.2) is 48.6 Å². The van der Waals surface area contributed by atoms with Crippen molar-refractivity contribution in [1.82, 2.24) is 0 Å². The number of carboxylic acid groups (broad SMARTS) is 1. The van der Waals surface area contributed by atoms with Gasteiger partial charge in [0.05, 0.1) is 12.2 Å². The Labute approximate surface area is 145 Å². The second-order valence-electron chi connectivity index (χ2n) is 5.78. The standard InChI is InChI=1S/C20H32O4/c1-2-3-4-5-6-9-13-18(21)14-10-7-8-11-15-19(22)16-12-17-20(23)24/h6-11,14-15,18-19,21-22H,2-5,12-13,16-17H2,1H3,(H,23,24)/b8-7+,9-6+,14-10+,15-11+. The molecule has 0 saturated carbocycles. The molecule has 4 nitrogen and oxygen atoms in total. The smallest absolute Gasteiger partial charge is 0.303 e. The number of carbonyl (C=O) groups is 1. The van der Waals surface area contributed by atoms with Crippen LogP contribution in [-0.4, -0.2) is 33.5 Å². The fourth-order valence-corrected chi connectivity index (χ4v) is 2.02. The first-order chi connectivity index (χ1) is 11.6. The Balaban J connectivity index is 3.81. The summed E-state index contributed by atoms with van der Waals surface area (Å²) in [5.74, 6) is -0.842. The summed E-state index contributed by atoms with van der Waals surface area (Å²) < 4.78 is 0. The summed E-state index contributed by atoms with van der Waals surface area (Å²) in [5.41, 5.74) is 0. The van der Waals surface area contributed by atoms with Gasteiger partial charge in [-0.15, -0.1) is 0 Å². The third-order valence-corrected chi connectivity index (χ3v) is 3.41. The predicted molar refractivity (Wildman–Crippen MR) is 98.8 cm³/mol. The van der Waals surface area contributed by atoms with Crippen molar-refractivity contribution in [2.24, 2.45) is 0 Å². The molecule has 0 radical (unpaired) electrons. The molecule has 0 bridgehead atoms. The Hall–Kier alpha value is -1.65. The van der Waals surface area contributed by atoms with E-state index in [2.05, 4.69) is 13.0 Å². The van der Waals surface area contributed by atoms with Crippen molar-refractivity contribution in [3.05, 3.63) is 48.6 Å². The molecule has 0 aliphatic rings. The van der Waals surface area contributed by atoms with Crippen molar-refractivity contribution in [2.45, 2.75) is 70.5 Å². The number of aliphatic carboxylic acids is 1. The van der Waals surface area contributed by atoms with Crippen LogP contribution in [0.2, 0.25) is 0 Å². The lowest BCUT2D eigenvalue weighted by atomic mass is 10.1. The largest absolute Gasteiger partial charge is 0.481 e. The zero-order chi connectivity index (χ0) is 18.0. The Morgan fingerprint density at radius 1 is 0.917 bits per heavy atom. The van der Waals surface area contributed by atoms with Crippen molar-refractivity contribution in [2.75, 3.05) is 0 Å². The summed E-state index contributed by atoms with van der Waals surface area (Å²) in [6.45, 7) is 2.18. The Morgan fingerprint density at radius 2 is 1.58 bits per heavy atom. The SMILES string of the molecule is CCCCC/C=C/CC(O)/C=C/C=C/C=C/C(O)CCCC(=O)O. The summed E-state index contributed by atoms with van der Waals surface area (Å²) in [6.07, 6.45) is 19.8. The average molecular weight is 336 g/mol. The first-order valence-corrected chi connectivity index (χ1v) is 8.80. The molecule has 4 heteroatoms. The van der Waals surface area contributed by atoms with E-state index in [9.17, 15) is 15.0 Å². The highest BCUT2D eigenvalue weighted by Gasteiger charge is 2.01. The van der Waals surface area contributed by atoms with Gasteiger partial charge < -0.3 is 15.3 Å². The molecule has 0 spiro atoms. The molecule has 24 heavy (non-hydrogen) atoms. The van der Waals surface area contributed by atoms with Crippen molar-refractivity contribution >= 4 is 5.97 Å². The van der Waals surface area contributed by atoms with E-state index in [4.69, 9.17) is 5.11 Å². The van der Waals surface area contributed by atoms with Crippen LogP contribution in [0.4, 0.5) is 0 Å². The summed E-state index contributed by atoms with van der Waals surface area (Å²) in [7, 11) is 0. The minimum Gasteiger partial charge on any atom is -0.481 e. The van der Waals surface area contributed by atoms with E-state index in [1.807, 2.05) is 6.08 Å². The van der Waals surface area contributed by atoms with Crippen molar-refractivity contribution in [1.29, 1.82) is 0 Å². The number of aliphatic hydroxyl groups is 2.